The van der Waals surface area contributed by atoms with E-state index in [0.29, 0.717) is 12.3 Å². The number of carbonyl (C=O) groups is 1. The number of benzene rings is 1. The van der Waals surface area contributed by atoms with Gasteiger partial charge in [0.05, 0.1) is 14.2 Å². The largest absolute Gasteiger partial charge is 0.496 e. The fourth-order valence-electron chi connectivity index (χ4n) is 3.74. The molecular formula is C19H28O3. The second-order valence-corrected chi connectivity index (χ2v) is 6.47. The van der Waals surface area contributed by atoms with Crippen molar-refractivity contribution in [2.75, 3.05) is 14.2 Å². The zero-order chi connectivity index (χ0) is 16.1. The Morgan fingerprint density at radius 2 is 1.77 bits per heavy atom. The van der Waals surface area contributed by atoms with Gasteiger partial charge in [0, 0.05) is 12.0 Å². The minimum atomic E-state index is 0.238. The monoisotopic (exact) mass is 304 g/mol. The van der Waals surface area contributed by atoms with Gasteiger partial charge in [0.15, 0.2) is 0 Å². The zero-order valence-electron chi connectivity index (χ0n) is 14.3. The highest BCUT2D eigenvalue weighted by Crippen LogP contribution is 2.43. The van der Waals surface area contributed by atoms with Crippen LogP contribution in [0.2, 0.25) is 0 Å². The van der Waals surface area contributed by atoms with Crippen molar-refractivity contribution in [3.05, 3.63) is 23.3 Å². The molecule has 3 nitrogen and oxygen atoms in total. The number of hydrogen-bond acceptors (Lipinski definition) is 3. The van der Waals surface area contributed by atoms with Crippen LogP contribution >= 0.6 is 0 Å². The summed E-state index contributed by atoms with van der Waals surface area (Å²) in [5.74, 6) is 2.81. The molecule has 122 valence electrons. The van der Waals surface area contributed by atoms with Gasteiger partial charge in [0.25, 0.3) is 0 Å². The van der Waals surface area contributed by atoms with Crippen LogP contribution in [0.15, 0.2) is 12.1 Å². The number of aryl methyl sites for hydroxylation is 1. The summed E-state index contributed by atoms with van der Waals surface area (Å²) in [4.78, 5) is 11.8. The maximum Gasteiger partial charge on any atom is 0.130 e. The molecule has 0 aliphatic heterocycles. The average Bonchev–Trinajstić information content (AvgIpc) is 2.53. The third-order valence-corrected chi connectivity index (χ3v) is 4.87. The van der Waals surface area contributed by atoms with Crippen molar-refractivity contribution in [2.45, 2.75) is 58.3 Å². The number of hydrogen-bond donors (Lipinski definition) is 0. The molecule has 0 heterocycles. The van der Waals surface area contributed by atoms with Crippen LogP contribution in [0.5, 0.6) is 11.5 Å². The van der Waals surface area contributed by atoms with Crippen molar-refractivity contribution in [1.82, 2.24) is 0 Å². The summed E-state index contributed by atoms with van der Waals surface area (Å²) < 4.78 is 11.1. The number of Topliss-reactive ketones (excluding diaryl/α,β-unsaturated/α-hetero) is 1. The molecule has 1 aliphatic rings. The van der Waals surface area contributed by atoms with Crippen LogP contribution < -0.4 is 9.47 Å². The van der Waals surface area contributed by atoms with Crippen molar-refractivity contribution in [3.63, 3.8) is 0 Å². The van der Waals surface area contributed by atoms with Gasteiger partial charge in [-0.25, -0.2) is 0 Å². The van der Waals surface area contributed by atoms with Crippen LogP contribution in [0.4, 0.5) is 0 Å². The van der Waals surface area contributed by atoms with Crippen LogP contribution in [0.25, 0.3) is 0 Å². The fourth-order valence-corrected chi connectivity index (χ4v) is 3.74. The highest BCUT2D eigenvalue weighted by atomic mass is 16.5. The van der Waals surface area contributed by atoms with E-state index in [1.54, 1.807) is 21.1 Å². The zero-order valence-corrected chi connectivity index (χ0v) is 14.3. The summed E-state index contributed by atoms with van der Waals surface area (Å²) in [5, 5.41) is 0. The Balaban J connectivity index is 2.42. The minimum Gasteiger partial charge on any atom is -0.496 e. The molecule has 0 N–H and O–H groups in total. The smallest absolute Gasteiger partial charge is 0.130 e. The Morgan fingerprint density at radius 1 is 1.14 bits per heavy atom. The first-order chi connectivity index (χ1) is 10.6. The van der Waals surface area contributed by atoms with E-state index >= 15 is 0 Å². The van der Waals surface area contributed by atoms with Gasteiger partial charge in [-0.2, -0.15) is 0 Å². The Kier molecular flexibility index (Phi) is 5.87. The summed E-state index contributed by atoms with van der Waals surface area (Å²) in [5.41, 5.74) is 2.19. The van der Waals surface area contributed by atoms with Crippen LogP contribution in [-0.4, -0.2) is 20.0 Å². The standard InChI is InChI=1S/C19H28O3/c1-13-10-19(22-4)17(12-18(13)21-3)16(11-14(2)20)15-8-6-5-7-9-15/h10,12,15-16H,5-9,11H2,1-4H3. The molecule has 0 aromatic heterocycles. The molecule has 1 aromatic rings. The fraction of sp³-hybridized carbons (Fsp3) is 0.632. The van der Waals surface area contributed by atoms with E-state index in [1.165, 1.54) is 32.1 Å². The molecule has 0 amide bonds. The highest BCUT2D eigenvalue weighted by molar-refractivity contribution is 5.76. The van der Waals surface area contributed by atoms with Gasteiger partial charge in [-0.15, -0.1) is 0 Å². The summed E-state index contributed by atoms with van der Waals surface area (Å²) in [6, 6.07) is 4.11. The summed E-state index contributed by atoms with van der Waals surface area (Å²) in [7, 11) is 3.40. The lowest BCUT2D eigenvalue weighted by Gasteiger charge is -2.31. The van der Waals surface area contributed by atoms with Crippen LogP contribution in [0.1, 0.15) is 62.5 Å². The molecule has 0 radical (unpaired) electrons. The quantitative estimate of drug-likeness (QED) is 0.767. The SMILES string of the molecule is COc1cc(C(CC(C)=O)C2CCCCC2)c(OC)cc1C. The molecular weight excluding hydrogens is 276 g/mol. The highest BCUT2D eigenvalue weighted by Gasteiger charge is 2.29. The van der Waals surface area contributed by atoms with Crippen LogP contribution in [0.3, 0.4) is 0 Å². The van der Waals surface area contributed by atoms with E-state index in [2.05, 4.69) is 6.07 Å². The normalized spacial score (nSPS) is 17.1. The first-order valence-electron chi connectivity index (χ1n) is 8.28. The molecule has 1 fully saturated rings. The van der Waals surface area contributed by atoms with E-state index in [9.17, 15) is 4.79 Å². The molecule has 1 atom stereocenters. The molecule has 1 aromatic carbocycles. The maximum absolute atomic E-state index is 11.8. The maximum atomic E-state index is 11.8. The summed E-state index contributed by atoms with van der Waals surface area (Å²) in [6.45, 7) is 3.71. The minimum absolute atomic E-state index is 0.238. The Bertz CT molecular complexity index is 516. The second kappa shape index (κ2) is 7.66. The molecule has 0 bridgehead atoms. The van der Waals surface area contributed by atoms with Crippen molar-refractivity contribution in [1.29, 1.82) is 0 Å². The van der Waals surface area contributed by atoms with Gasteiger partial charge in [0.1, 0.15) is 17.3 Å². The lowest BCUT2D eigenvalue weighted by Crippen LogP contribution is -2.19. The van der Waals surface area contributed by atoms with Crippen LogP contribution in [-0.2, 0) is 4.79 Å². The third-order valence-electron chi connectivity index (χ3n) is 4.87. The van der Waals surface area contributed by atoms with Gasteiger partial charge in [-0.05, 0) is 56.2 Å². The molecule has 0 saturated heterocycles. The average molecular weight is 304 g/mol. The van der Waals surface area contributed by atoms with Crippen molar-refractivity contribution in [2.24, 2.45) is 5.92 Å². The Hall–Kier alpha value is -1.51. The molecule has 1 saturated carbocycles. The lowest BCUT2D eigenvalue weighted by atomic mass is 9.74. The van der Waals surface area contributed by atoms with E-state index in [0.717, 1.165) is 22.6 Å². The van der Waals surface area contributed by atoms with Crippen molar-refractivity contribution >= 4 is 5.78 Å². The van der Waals surface area contributed by atoms with Crippen molar-refractivity contribution < 1.29 is 14.3 Å². The third kappa shape index (κ3) is 3.82. The molecule has 3 heteroatoms. The number of ketones is 1. The Labute approximate surface area is 134 Å². The van der Waals surface area contributed by atoms with Gasteiger partial charge in [-0.3, -0.25) is 0 Å². The predicted molar refractivity (Wildman–Crippen MR) is 88.9 cm³/mol. The number of ether oxygens (including phenoxy) is 2. The predicted octanol–water partition coefficient (Wildman–Crippen LogP) is 4.66. The number of carbonyl (C=O) groups excluding carboxylic acids is 1. The second-order valence-electron chi connectivity index (χ2n) is 6.47. The Morgan fingerprint density at radius 3 is 2.32 bits per heavy atom. The van der Waals surface area contributed by atoms with E-state index < -0.39 is 0 Å². The van der Waals surface area contributed by atoms with E-state index in [-0.39, 0.29) is 11.7 Å². The molecule has 1 unspecified atom stereocenters. The van der Waals surface area contributed by atoms with Gasteiger partial charge < -0.3 is 14.3 Å². The first kappa shape index (κ1) is 16.9. The topological polar surface area (TPSA) is 35.5 Å². The lowest BCUT2D eigenvalue weighted by molar-refractivity contribution is -0.117. The molecule has 2 rings (SSSR count). The van der Waals surface area contributed by atoms with E-state index in [4.69, 9.17) is 9.47 Å². The van der Waals surface area contributed by atoms with Gasteiger partial charge >= 0.3 is 0 Å². The number of methoxy groups -OCH3 is 2. The molecule has 1 aliphatic carbocycles. The van der Waals surface area contributed by atoms with E-state index in [1.807, 2.05) is 13.0 Å². The van der Waals surface area contributed by atoms with Crippen molar-refractivity contribution in [3.8, 4) is 11.5 Å². The van der Waals surface area contributed by atoms with Crippen LogP contribution in [0, 0.1) is 12.8 Å². The van der Waals surface area contributed by atoms with Gasteiger partial charge in [0.2, 0.25) is 0 Å². The number of rotatable bonds is 6. The summed E-state index contributed by atoms with van der Waals surface area (Å²) >= 11 is 0. The summed E-state index contributed by atoms with van der Waals surface area (Å²) in [6.07, 6.45) is 6.86. The first-order valence-corrected chi connectivity index (χ1v) is 8.28. The molecule has 0 spiro atoms. The molecule has 22 heavy (non-hydrogen) atoms. The van der Waals surface area contributed by atoms with Gasteiger partial charge in [-0.1, -0.05) is 19.3 Å².